The van der Waals surface area contributed by atoms with Crippen molar-refractivity contribution >= 4 is 0 Å². The van der Waals surface area contributed by atoms with E-state index in [0.29, 0.717) is 5.92 Å². The van der Waals surface area contributed by atoms with Crippen LogP contribution in [0.1, 0.15) is 51.3 Å². The zero-order valence-corrected chi connectivity index (χ0v) is 11.0. The molecule has 1 rings (SSSR count). The number of nitriles is 1. The lowest BCUT2D eigenvalue weighted by atomic mass is 9.74. The summed E-state index contributed by atoms with van der Waals surface area (Å²) in [5.41, 5.74) is 3.36. The van der Waals surface area contributed by atoms with Gasteiger partial charge in [0.15, 0.2) is 0 Å². The highest BCUT2D eigenvalue weighted by Crippen LogP contribution is 2.32. The Kier molecular flexibility index (Phi) is 3.75. The Labute approximate surface area is 99.1 Å². The average Bonchev–Trinajstić information content (AvgIpc) is 2.27. The Morgan fingerprint density at radius 3 is 2.38 bits per heavy atom. The average molecular weight is 215 g/mol. The third-order valence-electron chi connectivity index (χ3n) is 3.80. The summed E-state index contributed by atoms with van der Waals surface area (Å²) in [6, 6.07) is 8.61. The SMILES string of the molecule is CCc1ccc(C(C)(C)C(C)C)cc1C#N. The van der Waals surface area contributed by atoms with Crippen molar-refractivity contribution in [2.45, 2.75) is 46.5 Å². The molecule has 1 nitrogen and oxygen atoms in total. The van der Waals surface area contributed by atoms with Crippen LogP contribution in [0.4, 0.5) is 0 Å². The molecule has 0 saturated heterocycles. The molecule has 0 aromatic heterocycles. The van der Waals surface area contributed by atoms with Crippen LogP contribution in [0, 0.1) is 17.2 Å². The van der Waals surface area contributed by atoms with Gasteiger partial charge in [0.1, 0.15) is 0 Å². The summed E-state index contributed by atoms with van der Waals surface area (Å²) in [5, 5.41) is 9.13. The van der Waals surface area contributed by atoms with E-state index >= 15 is 0 Å². The number of hydrogen-bond acceptors (Lipinski definition) is 1. The fraction of sp³-hybridized carbons (Fsp3) is 0.533. The van der Waals surface area contributed by atoms with E-state index in [2.05, 4.69) is 58.9 Å². The molecule has 0 saturated carbocycles. The van der Waals surface area contributed by atoms with Crippen molar-refractivity contribution in [1.82, 2.24) is 0 Å². The molecule has 0 unspecified atom stereocenters. The third-order valence-corrected chi connectivity index (χ3v) is 3.80. The summed E-state index contributed by atoms with van der Waals surface area (Å²) in [6.45, 7) is 11.0. The van der Waals surface area contributed by atoms with Gasteiger partial charge in [0.2, 0.25) is 0 Å². The third kappa shape index (κ3) is 2.27. The minimum Gasteiger partial charge on any atom is -0.192 e. The van der Waals surface area contributed by atoms with Gasteiger partial charge in [0, 0.05) is 0 Å². The number of benzene rings is 1. The molecule has 0 N–H and O–H groups in total. The van der Waals surface area contributed by atoms with Crippen molar-refractivity contribution in [1.29, 1.82) is 5.26 Å². The molecule has 86 valence electrons. The molecular formula is C15H21N. The Balaban J connectivity index is 3.24. The van der Waals surface area contributed by atoms with E-state index in [-0.39, 0.29) is 5.41 Å². The fourth-order valence-corrected chi connectivity index (χ4v) is 1.72. The van der Waals surface area contributed by atoms with Gasteiger partial charge in [-0.1, -0.05) is 46.8 Å². The van der Waals surface area contributed by atoms with E-state index in [9.17, 15) is 0 Å². The Morgan fingerprint density at radius 1 is 1.31 bits per heavy atom. The second-order valence-electron chi connectivity index (χ2n) is 5.21. The molecule has 0 aliphatic heterocycles. The summed E-state index contributed by atoms with van der Waals surface area (Å²) in [5.74, 6) is 0.562. The lowest BCUT2D eigenvalue weighted by molar-refractivity contribution is 0.372. The highest BCUT2D eigenvalue weighted by Gasteiger charge is 2.25. The van der Waals surface area contributed by atoms with Crippen molar-refractivity contribution in [2.75, 3.05) is 0 Å². The van der Waals surface area contributed by atoms with Crippen molar-refractivity contribution < 1.29 is 0 Å². The Hall–Kier alpha value is -1.29. The molecule has 16 heavy (non-hydrogen) atoms. The first-order valence-corrected chi connectivity index (χ1v) is 5.97. The molecule has 0 fully saturated rings. The maximum Gasteiger partial charge on any atom is 0.0994 e. The lowest BCUT2D eigenvalue weighted by Gasteiger charge is -2.30. The lowest BCUT2D eigenvalue weighted by Crippen LogP contribution is -2.24. The van der Waals surface area contributed by atoms with Crippen molar-refractivity contribution in [2.24, 2.45) is 5.92 Å². The van der Waals surface area contributed by atoms with Crippen LogP contribution in [0.25, 0.3) is 0 Å². The van der Waals surface area contributed by atoms with Crippen LogP contribution in [0.2, 0.25) is 0 Å². The molecule has 0 heterocycles. The zero-order chi connectivity index (χ0) is 12.3. The Bertz CT molecular complexity index is 408. The first-order chi connectivity index (χ1) is 7.43. The molecule has 1 aromatic carbocycles. The summed E-state index contributed by atoms with van der Waals surface area (Å²) in [7, 11) is 0. The van der Waals surface area contributed by atoms with Crippen LogP contribution in [0.3, 0.4) is 0 Å². The maximum atomic E-state index is 9.13. The molecular weight excluding hydrogens is 194 g/mol. The van der Waals surface area contributed by atoms with E-state index in [1.165, 1.54) is 5.56 Å². The van der Waals surface area contributed by atoms with Crippen LogP contribution >= 0.6 is 0 Å². The monoisotopic (exact) mass is 215 g/mol. The summed E-state index contributed by atoms with van der Waals surface area (Å²) in [6.07, 6.45) is 0.922. The van der Waals surface area contributed by atoms with Gasteiger partial charge < -0.3 is 0 Å². The maximum absolute atomic E-state index is 9.13. The van der Waals surface area contributed by atoms with Crippen molar-refractivity contribution in [3.8, 4) is 6.07 Å². The number of rotatable bonds is 3. The summed E-state index contributed by atoms with van der Waals surface area (Å²) in [4.78, 5) is 0. The molecule has 0 amide bonds. The minimum atomic E-state index is 0.123. The van der Waals surface area contributed by atoms with Gasteiger partial charge in [-0.2, -0.15) is 5.26 Å². The van der Waals surface area contributed by atoms with Crippen molar-refractivity contribution in [3.05, 3.63) is 34.9 Å². The quantitative estimate of drug-likeness (QED) is 0.746. The smallest absolute Gasteiger partial charge is 0.0994 e. The van der Waals surface area contributed by atoms with Gasteiger partial charge in [-0.05, 0) is 34.9 Å². The van der Waals surface area contributed by atoms with E-state index in [1.54, 1.807) is 0 Å². The van der Waals surface area contributed by atoms with Gasteiger partial charge in [-0.15, -0.1) is 0 Å². The van der Waals surface area contributed by atoms with Crippen LogP contribution in [0.5, 0.6) is 0 Å². The van der Waals surface area contributed by atoms with Gasteiger partial charge >= 0.3 is 0 Å². The second-order valence-corrected chi connectivity index (χ2v) is 5.21. The summed E-state index contributed by atoms with van der Waals surface area (Å²) >= 11 is 0. The van der Waals surface area contributed by atoms with Crippen LogP contribution < -0.4 is 0 Å². The number of hydrogen-bond donors (Lipinski definition) is 0. The predicted octanol–water partition coefficient (Wildman–Crippen LogP) is 4.05. The van der Waals surface area contributed by atoms with Gasteiger partial charge in [0.05, 0.1) is 11.6 Å². The topological polar surface area (TPSA) is 23.8 Å². The molecule has 0 spiro atoms. The molecule has 1 aromatic rings. The minimum absolute atomic E-state index is 0.123. The summed E-state index contributed by atoms with van der Waals surface area (Å²) < 4.78 is 0. The largest absolute Gasteiger partial charge is 0.192 e. The Morgan fingerprint density at radius 2 is 1.94 bits per heavy atom. The second kappa shape index (κ2) is 4.70. The van der Waals surface area contributed by atoms with Crippen LogP contribution in [0.15, 0.2) is 18.2 Å². The molecule has 0 aliphatic rings. The highest BCUT2D eigenvalue weighted by molar-refractivity contribution is 5.42. The van der Waals surface area contributed by atoms with Crippen LogP contribution in [-0.4, -0.2) is 0 Å². The predicted molar refractivity (Wildman–Crippen MR) is 68.4 cm³/mol. The molecule has 0 radical (unpaired) electrons. The highest BCUT2D eigenvalue weighted by atomic mass is 14.3. The zero-order valence-electron chi connectivity index (χ0n) is 11.0. The molecule has 0 atom stereocenters. The first-order valence-electron chi connectivity index (χ1n) is 5.97. The van der Waals surface area contributed by atoms with Gasteiger partial charge in [0.25, 0.3) is 0 Å². The van der Waals surface area contributed by atoms with E-state index in [4.69, 9.17) is 5.26 Å². The van der Waals surface area contributed by atoms with Gasteiger partial charge in [-0.25, -0.2) is 0 Å². The molecule has 0 bridgehead atoms. The van der Waals surface area contributed by atoms with E-state index in [1.807, 2.05) is 0 Å². The van der Waals surface area contributed by atoms with E-state index in [0.717, 1.165) is 17.5 Å². The van der Waals surface area contributed by atoms with E-state index < -0.39 is 0 Å². The molecule has 0 aliphatic carbocycles. The number of nitrogens with zero attached hydrogens (tertiary/aromatic N) is 1. The standard InChI is InChI=1S/C15H21N/c1-6-12-7-8-14(9-13(12)10-16)15(4,5)11(2)3/h7-9,11H,6H2,1-5H3. The fourth-order valence-electron chi connectivity index (χ4n) is 1.72. The van der Waals surface area contributed by atoms with Crippen molar-refractivity contribution in [3.63, 3.8) is 0 Å². The first kappa shape index (κ1) is 12.8. The van der Waals surface area contributed by atoms with Crippen LogP contribution in [-0.2, 0) is 11.8 Å². The van der Waals surface area contributed by atoms with Gasteiger partial charge in [-0.3, -0.25) is 0 Å². The normalized spacial score (nSPS) is 11.6. The molecule has 1 heteroatoms. The number of aryl methyl sites for hydroxylation is 1.